The fourth-order valence-electron chi connectivity index (χ4n) is 1.92. The van der Waals surface area contributed by atoms with Gasteiger partial charge in [0, 0.05) is 0 Å². The maximum Gasteiger partial charge on any atom is 0.262 e. The molecule has 0 aromatic heterocycles. The van der Waals surface area contributed by atoms with Crippen molar-refractivity contribution < 1.29 is 12.8 Å². The molecule has 2 aromatic rings. The largest absolute Gasteiger partial charge is 0.279 e. The molecule has 0 aliphatic carbocycles. The fraction of sp³-hybridized carbons (Fsp3) is 0.200. The summed E-state index contributed by atoms with van der Waals surface area (Å²) in [5, 5.41) is 0. The molecule has 0 radical (unpaired) electrons. The average molecular weight is 293 g/mol. The van der Waals surface area contributed by atoms with Crippen LogP contribution in [-0.4, -0.2) is 8.42 Å². The zero-order valence-electron chi connectivity index (χ0n) is 11.6. The van der Waals surface area contributed by atoms with E-state index in [0.29, 0.717) is 11.3 Å². The molecule has 2 aromatic carbocycles. The molecule has 5 heteroatoms. The van der Waals surface area contributed by atoms with Gasteiger partial charge in [0.05, 0.1) is 10.6 Å². The van der Waals surface area contributed by atoms with Crippen LogP contribution in [-0.2, 0) is 10.0 Å². The lowest BCUT2D eigenvalue weighted by Gasteiger charge is -2.13. The lowest BCUT2D eigenvalue weighted by molar-refractivity contribution is 0.594. The molecular weight excluding hydrogens is 277 g/mol. The summed E-state index contributed by atoms with van der Waals surface area (Å²) < 4.78 is 40.5. The van der Waals surface area contributed by atoms with E-state index in [1.54, 1.807) is 19.1 Å². The molecule has 1 N–H and O–H groups in total. The third-order valence-electron chi connectivity index (χ3n) is 3.29. The topological polar surface area (TPSA) is 46.2 Å². The van der Waals surface area contributed by atoms with E-state index in [4.69, 9.17) is 0 Å². The van der Waals surface area contributed by atoms with Crippen molar-refractivity contribution in [3.63, 3.8) is 0 Å². The van der Waals surface area contributed by atoms with Gasteiger partial charge in [-0.3, -0.25) is 4.72 Å². The predicted molar refractivity (Wildman–Crippen MR) is 77.9 cm³/mol. The van der Waals surface area contributed by atoms with Crippen LogP contribution < -0.4 is 4.72 Å². The highest BCUT2D eigenvalue weighted by molar-refractivity contribution is 7.92. The summed E-state index contributed by atoms with van der Waals surface area (Å²) in [6, 6.07) is 9.09. The molecular formula is C15H16FNO2S. The number of aryl methyl sites for hydroxylation is 2. The second-order valence-corrected chi connectivity index (χ2v) is 6.41. The van der Waals surface area contributed by atoms with Crippen molar-refractivity contribution in [1.29, 1.82) is 0 Å². The third kappa shape index (κ3) is 2.82. The Labute approximate surface area is 118 Å². The van der Waals surface area contributed by atoms with Crippen LogP contribution in [0.2, 0.25) is 0 Å². The summed E-state index contributed by atoms with van der Waals surface area (Å²) in [7, 11) is -3.80. The van der Waals surface area contributed by atoms with Crippen molar-refractivity contribution in [2.45, 2.75) is 25.7 Å². The van der Waals surface area contributed by atoms with Gasteiger partial charge in [-0.15, -0.1) is 0 Å². The highest BCUT2D eigenvalue weighted by Crippen LogP contribution is 2.24. The second kappa shape index (κ2) is 5.25. The lowest BCUT2D eigenvalue weighted by atomic mass is 10.1. The Hall–Kier alpha value is -1.88. The summed E-state index contributed by atoms with van der Waals surface area (Å²) in [6.45, 7) is 5.38. The van der Waals surface area contributed by atoms with Gasteiger partial charge in [-0.1, -0.05) is 18.2 Å². The Kier molecular flexibility index (Phi) is 3.81. The summed E-state index contributed by atoms with van der Waals surface area (Å²) in [6.07, 6.45) is 0. The molecule has 0 unspecified atom stereocenters. The van der Waals surface area contributed by atoms with Gasteiger partial charge >= 0.3 is 0 Å². The molecule has 20 heavy (non-hydrogen) atoms. The zero-order chi connectivity index (χ0) is 14.9. The van der Waals surface area contributed by atoms with Crippen LogP contribution in [0.25, 0.3) is 0 Å². The number of rotatable bonds is 3. The Balaban J connectivity index is 2.46. The molecule has 3 nitrogen and oxygen atoms in total. The smallest absolute Gasteiger partial charge is 0.262 e. The molecule has 106 valence electrons. The van der Waals surface area contributed by atoms with Gasteiger partial charge in [0.2, 0.25) is 0 Å². The van der Waals surface area contributed by atoms with Crippen molar-refractivity contribution in [2.75, 3.05) is 4.72 Å². The van der Waals surface area contributed by atoms with Gasteiger partial charge in [-0.25, -0.2) is 12.8 Å². The molecule has 0 spiro atoms. The predicted octanol–water partition coefficient (Wildman–Crippen LogP) is 3.55. The van der Waals surface area contributed by atoms with Crippen molar-refractivity contribution in [3.05, 3.63) is 58.9 Å². The quantitative estimate of drug-likeness (QED) is 0.940. The van der Waals surface area contributed by atoms with Gasteiger partial charge in [-0.2, -0.15) is 0 Å². The number of benzene rings is 2. The third-order valence-corrected chi connectivity index (χ3v) is 4.80. The van der Waals surface area contributed by atoms with Crippen LogP contribution in [0.4, 0.5) is 10.1 Å². The van der Waals surface area contributed by atoms with E-state index in [1.165, 1.54) is 12.1 Å². The van der Waals surface area contributed by atoms with Crippen LogP contribution in [0.3, 0.4) is 0 Å². The van der Waals surface area contributed by atoms with E-state index in [1.807, 2.05) is 19.9 Å². The molecule has 0 saturated carbocycles. The van der Waals surface area contributed by atoms with Crippen LogP contribution in [0.1, 0.15) is 16.7 Å². The lowest BCUT2D eigenvalue weighted by Crippen LogP contribution is -2.15. The number of nitrogens with one attached hydrogen (secondary N) is 1. The van der Waals surface area contributed by atoms with Crippen molar-refractivity contribution in [2.24, 2.45) is 0 Å². The van der Waals surface area contributed by atoms with Crippen LogP contribution in [0.15, 0.2) is 41.3 Å². The number of anilines is 1. The van der Waals surface area contributed by atoms with Crippen LogP contribution in [0.5, 0.6) is 0 Å². The average Bonchev–Trinajstić information content (AvgIpc) is 2.37. The summed E-state index contributed by atoms with van der Waals surface area (Å²) in [4.78, 5) is -0.0431. The van der Waals surface area contributed by atoms with E-state index < -0.39 is 15.8 Å². The molecule has 0 aliphatic heterocycles. The van der Waals surface area contributed by atoms with E-state index in [9.17, 15) is 12.8 Å². The Bertz CT molecular complexity index is 754. The molecule has 0 saturated heterocycles. The fourth-order valence-corrected chi connectivity index (χ4v) is 3.31. The van der Waals surface area contributed by atoms with E-state index in [2.05, 4.69) is 4.72 Å². The monoisotopic (exact) mass is 293 g/mol. The first-order valence-corrected chi connectivity index (χ1v) is 7.65. The molecule has 2 rings (SSSR count). The standard InChI is InChI=1S/C15H16FNO2S/c1-10-5-4-6-14(12(10)3)17-20(18,19)15-9-13(16)8-7-11(15)2/h4-9,17H,1-3H3. The molecule has 0 atom stereocenters. The van der Waals surface area contributed by atoms with E-state index in [0.717, 1.165) is 17.2 Å². The first-order valence-electron chi connectivity index (χ1n) is 6.16. The Morgan fingerprint density at radius 1 is 1.00 bits per heavy atom. The zero-order valence-corrected chi connectivity index (χ0v) is 12.4. The molecule has 0 aliphatic rings. The minimum Gasteiger partial charge on any atom is -0.279 e. The minimum atomic E-state index is -3.80. The molecule has 0 fully saturated rings. The first kappa shape index (κ1) is 14.5. The van der Waals surface area contributed by atoms with E-state index >= 15 is 0 Å². The number of hydrogen-bond donors (Lipinski definition) is 1. The summed E-state index contributed by atoms with van der Waals surface area (Å²) >= 11 is 0. The highest BCUT2D eigenvalue weighted by Gasteiger charge is 2.18. The number of halogens is 1. The van der Waals surface area contributed by atoms with Crippen molar-refractivity contribution in [3.8, 4) is 0 Å². The van der Waals surface area contributed by atoms with Crippen LogP contribution >= 0.6 is 0 Å². The number of hydrogen-bond acceptors (Lipinski definition) is 2. The molecule has 0 amide bonds. The van der Waals surface area contributed by atoms with E-state index in [-0.39, 0.29) is 4.90 Å². The minimum absolute atomic E-state index is 0.0431. The van der Waals surface area contributed by atoms with Crippen molar-refractivity contribution >= 4 is 15.7 Å². The molecule has 0 bridgehead atoms. The maximum atomic E-state index is 13.3. The van der Waals surface area contributed by atoms with Gasteiger partial charge < -0.3 is 0 Å². The van der Waals surface area contributed by atoms with Crippen molar-refractivity contribution in [1.82, 2.24) is 0 Å². The van der Waals surface area contributed by atoms with Crippen LogP contribution in [0, 0.1) is 26.6 Å². The Morgan fingerprint density at radius 2 is 1.70 bits per heavy atom. The van der Waals surface area contributed by atoms with Gasteiger partial charge in [0.1, 0.15) is 5.82 Å². The second-order valence-electron chi connectivity index (χ2n) is 4.76. The van der Waals surface area contributed by atoms with Gasteiger partial charge in [-0.05, 0) is 55.7 Å². The highest BCUT2D eigenvalue weighted by atomic mass is 32.2. The maximum absolute atomic E-state index is 13.3. The first-order chi connectivity index (χ1) is 9.31. The SMILES string of the molecule is Cc1ccc(F)cc1S(=O)(=O)Nc1cccc(C)c1C. The Morgan fingerprint density at radius 3 is 2.40 bits per heavy atom. The van der Waals surface area contributed by atoms with Gasteiger partial charge in [0.25, 0.3) is 10.0 Å². The van der Waals surface area contributed by atoms with Gasteiger partial charge in [0.15, 0.2) is 0 Å². The normalized spacial score (nSPS) is 11.4. The summed E-state index contributed by atoms with van der Waals surface area (Å²) in [5.41, 5.74) is 2.85. The number of sulfonamides is 1. The molecule has 0 heterocycles. The summed E-state index contributed by atoms with van der Waals surface area (Å²) in [5.74, 6) is -0.572.